The molecule has 1 unspecified atom stereocenters. The summed E-state index contributed by atoms with van der Waals surface area (Å²) in [4.78, 5) is 133. The molecule has 0 aliphatic carbocycles. The molecule has 2 saturated heterocycles. The van der Waals surface area contributed by atoms with E-state index in [-0.39, 0.29) is 58.0 Å². The first-order chi connectivity index (χ1) is 35.5. The molecule has 1 aromatic heterocycles. The first-order valence-electron chi connectivity index (χ1n) is 25.8. The quantitative estimate of drug-likeness (QED) is 0.0908. The standard InChI is InChI=1S/C55H71N9O10/c1-5-6-19-41(59-34(4)65)55(74)64-44(49(56)68)21-12-14-27-57-50(69)42(30-38-32-58-40-20-11-10-18-39(38)40)60-51(70)45-22-13-15-28-63(45)54(73)43(29-35-23-25-37(26-24-35)36-16-8-7-9-17-36)61-53(72)48(33(2)3)62-52(71)46(64)31-47(66)67/h7-11,16-18,20,23-26,32-33,41-46,48,58H,5-6,12-15,19,21-22,27-31H2,1-4H3,(H2,56,68)(H,57,69)(H,59,65)(H,60,70)(H,61,72)(H,62,71)(H,66,67)/t41-,42-,43+,44-,45?,46-,48-/m0/s1. The fourth-order valence-electron chi connectivity index (χ4n) is 9.93. The molecule has 3 heterocycles. The Hall–Kier alpha value is -7.57. The zero-order chi connectivity index (χ0) is 53.5. The van der Waals surface area contributed by atoms with Crippen LogP contribution in [0.2, 0.25) is 0 Å². The van der Waals surface area contributed by atoms with Crippen LogP contribution in [0.25, 0.3) is 22.0 Å². The van der Waals surface area contributed by atoms with E-state index in [1.807, 2.05) is 85.8 Å². The number of carboxylic acid groups (broad SMARTS) is 1. The van der Waals surface area contributed by atoms with Crippen LogP contribution in [-0.4, -0.2) is 128 Å². The number of aromatic amines is 1. The van der Waals surface area contributed by atoms with Crippen molar-refractivity contribution < 1.29 is 48.3 Å². The maximum absolute atomic E-state index is 15.2. The lowest BCUT2D eigenvalue weighted by Crippen LogP contribution is -2.64. The number of carbonyl (C=O) groups is 9. The van der Waals surface area contributed by atoms with Crippen molar-refractivity contribution in [3.63, 3.8) is 0 Å². The minimum atomic E-state index is -1.92. The Morgan fingerprint density at radius 2 is 1.45 bits per heavy atom. The molecule has 2 aliphatic heterocycles. The van der Waals surface area contributed by atoms with Crippen LogP contribution in [0.3, 0.4) is 0 Å². The number of amides is 8. The number of nitrogens with two attached hydrogens (primary N) is 1. The van der Waals surface area contributed by atoms with Crippen LogP contribution in [0.4, 0.5) is 0 Å². The SMILES string of the molecule is CCCC[C@H](NC(C)=O)C(=O)N1[C@H](C(N)=O)CCCCNC(=O)[C@H](Cc2c[nH]c3ccccc23)NC(=O)C2CCCCN2C(=O)[C@@H](Cc2ccc(-c3ccccc3)cc2)NC(=O)[C@H](C(C)C)NC(=O)[C@@H]1CC(=O)O. The first-order valence-corrected chi connectivity index (χ1v) is 25.8. The van der Waals surface area contributed by atoms with Gasteiger partial charge in [0, 0.05) is 50.0 Å². The second-order valence-electron chi connectivity index (χ2n) is 19.7. The highest BCUT2D eigenvalue weighted by atomic mass is 16.4. The first kappa shape index (κ1) is 55.7. The maximum atomic E-state index is 15.2. The van der Waals surface area contributed by atoms with Crippen molar-refractivity contribution in [2.75, 3.05) is 13.1 Å². The molecule has 74 heavy (non-hydrogen) atoms. The molecule has 6 rings (SSSR count). The fraction of sp³-hybridized carbons (Fsp3) is 0.473. The normalized spacial score (nSPS) is 22.3. The number of carboxylic acids is 1. The number of aliphatic carboxylic acids is 1. The van der Waals surface area contributed by atoms with E-state index >= 15 is 4.79 Å². The molecule has 2 aliphatic rings. The molecule has 19 nitrogen and oxygen atoms in total. The van der Waals surface area contributed by atoms with Crippen LogP contribution in [0, 0.1) is 5.92 Å². The number of benzene rings is 3. The van der Waals surface area contributed by atoms with Gasteiger partial charge in [0.2, 0.25) is 47.3 Å². The molecule has 9 N–H and O–H groups in total. The fourth-order valence-corrected chi connectivity index (χ4v) is 9.93. The van der Waals surface area contributed by atoms with Gasteiger partial charge in [-0.1, -0.05) is 106 Å². The number of hydrogen-bond acceptors (Lipinski definition) is 9. The summed E-state index contributed by atoms with van der Waals surface area (Å²) in [6.45, 7) is 6.54. The molecule has 0 spiro atoms. The molecule has 2 fully saturated rings. The van der Waals surface area contributed by atoms with Crippen LogP contribution in [-0.2, 0) is 56.0 Å². The molecular weight excluding hydrogens is 947 g/mol. The van der Waals surface area contributed by atoms with E-state index in [1.54, 1.807) is 20.0 Å². The van der Waals surface area contributed by atoms with Gasteiger partial charge in [0.1, 0.15) is 42.3 Å². The Morgan fingerprint density at radius 3 is 2.12 bits per heavy atom. The summed E-state index contributed by atoms with van der Waals surface area (Å²) < 4.78 is 0. The van der Waals surface area contributed by atoms with E-state index in [2.05, 4.69) is 31.6 Å². The number of primary amides is 1. The van der Waals surface area contributed by atoms with Gasteiger partial charge in [0.25, 0.3) is 0 Å². The number of fused-ring (bicyclic) bond motifs is 2. The summed E-state index contributed by atoms with van der Waals surface area (Å²) in [5, 5.41) is 25.2. The highest BCUT2D eigenvalue weighted by molar-refractivity contribution is 6.00. The molecular formula is C55H71N9O10. The van der Waals surface area contributed by atoms with E-state index in [4.69, 9.17) is 5.73 Å². The van der Waals surface area contributed by atoms with Crippen molar-refractivity contribution >= 4 is 64.1 Å². The van der Waals surface area contributed by atoms with Crippen LogP contribution < -0.4 is 32.3 Å². The zero-order valence-electron chi connectivity index (χ0n) is 42.7. The largest absolute Gasteiger partial charge is 0.481 e. The second-order valence-corrected chi connectivity index (χ2v) is 19.7. The zero-order valence-corrected chi connectivity index (χ0v) is 42.7. The second kappa shape index (κ2) is 26.4. The molecule has 7 atom stereocenters. The number of para-hydroxylation sites is 1. The topological polar surface area (TPSA) is 282 Å². The van der Waals surface area contributed by atoms with Crippen molar-refractivity contribution in [3.8, 4) is 11.1 Å². The third-order valence-corrected chi connectivity index (χ3v) is 13.8. The molecule has 8 amide bonds. The maximum Gasteiger partial charge on any atom is 0.305 e. The summed E-state index contributed by atoms with van der Waals surface area (Å²) >= 11 is 0. The Bertz CT molecular complexity index is 2640. The Morgan fingerprint density at radius 1 is 0.770 bits per heavy atom. The van der Waals surface area contributed by atoms with Crippen molar-refractivity contribution in [1.29, 1.82) is 0 Å². The van der Waals surface area contributed by atoms with Gasteiger partial charge in [0.15, 0.2) is 0 Å². The molecule has 396 valence electrons. The number of unbranched alkanes of at least 4 members (excludes halogenated alkanes) is 1. The van der Waals surface area contributed by atoms with Gasteiger partial charge >= 0.3 is 5.97 Å². The van der Waals surface area contributed by atoms with Gasteiger partial charge in [-0.3, -0.25) is 43.2 Å². The predicted molar refractivity (Wildman–Crippen MR) is 277 cm³/mol. The highest BCUT2D eigenvalue weighted by Crippen LogP contribution is 2.25. The summed E-state index contributed by atoms with van der Waals surface area (Å²) in [6.07, 6.45) is 3.52. The lowest BCUT2D eigenvalue weighted by atomic mass is 9.95. The number of aromatic nitrogens is 1. The van der Waals surface area contributed by atoms with Crippen LogP contribution in [0.1, 0.15) is 103 Å². The summed E-state index contributed by atoms with van der Waals surface area (Å²) in [5.41, 5.74) is 10.2. The van der Waals surface area contributed by atoms with Gasteiger partial charge in [0.05, 0.1) is 6.42 Å². The Balaban J connectivity index is 1.44. The van der Waals surface area contributed by atoms with Crippen molar-refractivity contribution in [1.82, 2.24) is 41.4 Å². The average molecular weight is 1020 g/mol. The van der Waals surface area contributed by atoms with E-state index in [1.165, 1.54) is 11.8 Å². The molecule has 0 saturated carbocycles. The van der Waals surface area contributed by atoms with Gasteiger partial charge in [-0.2, -0.15) is 0 Å². The molecule has 3 aromatic carbocycles. The average Bonchev–Trinajstić information content (AvgIpc) is 3.79. The molecule has 19 heteroatoms. The summed E-state index contributed by atoms with van der Waals surface area (Å²) in [7, 11) is 0. The number of hydrogen-bond donors (Lipinski definition) is 8. The Labute approximate surface area is 431 Å². The third kappa shape index (κ3) is 14.6. The number of rotatable bonds is 14. The van der Waals surface area contributed by atoms with Gasteiger partial charge in [-0.25, -0.2) is 0 Å². The van der Waals surface area contributed by atoms with Gasteiger partial charge in [-0.15, -0.1) is 0 Å². The number of carbonyl (C=O) groups excluding carboxylic acids is 8. The number of piperidine rings is 1. The van der Waals surface area contributed by atoms with Crippen LogP contribution in [0.15, 0.2) is 85.1 Å². The van der Waals surface area contributed by atoms with Crippen molar-refractivity contribution in [2.45, 2.75) is 147 Å². The van der Waals surface area contributed by atoms with E-state index < -0.39 is 108 Å². The number of nitrogens with zero attached hydrogens (tertiary/aromatic N) is 2. The lowest BCUT2D eigenvalue weighted by molar-refractivity contribution is -0.154. The number of nitrogens with one attached hydrogen (secondary N) is 6. The highest BCUT2D eigenvalue weighted by Gasteiger charge is 2.44. The summed E-state index contributed by atoms with van der Waals surface area (Å²) in [5.74, 6) is -8.34. The predicted octanol–water partition coefficient (Wildman–Crippen LogP) is 3.63. The van der Waals surface area contributed by atoms with E-state index in [0.717, 1.165) is 32.5 Å². The van der Waals surface area contributed by atoms with Gasteiger partial charge in [-0.05, 0) is 79.2 Å². The van der Waals surface area contributed by atoms with Crippen molar-refractivity contribution in [3.05, 3.63) is 96.2 Å². The molecule has 0 bridgehead atoms. The number of H-pyrrole nitrogens is 1. The van der Waals surface area contributed by atoms with Crippen LogP contribution >= 0.6 is 0 Å². The van der Waals surface area contributed by atoms with Gasteiger partial charge < -0.3 is 52.2 Å². The molecule has 0 radical (unpaired) electrons. The molecule has 4 aromatic rings. The van der Waals surface area contributed by atoms with E-state index in [9.17, 15) is 43.5 Å². The van der Waals surface area contributed by atoms with E-state index in [0.29, 0.717) is 31.2 Å². The minimum Gasteiger partial charge on any atom is -0.481 e. The smallest absolute Gasteiger partial charge is 0.305 e. The van der Waals surface area contributed by atoms with Crippen LogP contribution in [0.5, 0.6) is 0 Å². The summed E-state index contributed by atoms with van der Waals surface area (Å²) in [6, 6.07) is 15.0. The minimum absolute atomic E-state index is 0.0362. The Kier molecular flexibility index (Phi) is 19.9. The lowest BCUT2D eigenvalue weighted by Gasteiger charge is -2.39. The monoisotopic (exact) mass is 1020 g/mol. The van der Waals surface area contributed by atoms with Crippen molar-refractivity contribution in [2.24, 2.45) is 11.7 Å². The third-order valence-electron chi connectivity index (χ3n) is 13.8.